The summed E-state index contributed by atoms with van der Waals surface area (Å²) in [6.07, 6.45) is 4.34. The lowest BCUT2D eigenvalue weighted by Gasteiger charge is -2.32. The van der Waals surface area contributed by atoms with E-state index in [1.807, 2.05) is 0 Å². The molecule has 0 aromatic heterocycles. The Bertz CT molecular complexity index is 211. The molecule has 0 spiro atoms. The van der Waals surface area contributed by atoms with Crippen molar-refractivity contribution in [2.75, 3.05) is 19.6 Å². The van der Waals surface area contributed by atoms with Gasteiger partial charge in [0.15, 0.2) is 0 Å². The lowest BCUT2D eigenvalue weighted by Crippen LogP contribution is -2.45. The van der Waals surface area contributed by atoms with E-state index in [1.54, 1.807) is 0 Å². The Hall–Kier alpha value is -0.570. The van der Waals surface area contributed by atoms with Gasteiger partial charge < -0.3 is 10.2 Å². The fourth-order valence-electron chi connectivity index (χ4n) is 2.45. The highest BCUT2D eigenvalue weighted by Gasteiger charge is 2.26. The molecular weight excluding hydrogens is 176 g/mol. The third-order valence-corrected chi connectivity index (χ3v) is 3.34. The predicted octanol–water partition coefficient (Wildman–Crippen LogP) is 0.997. The molecule has 2 heterocycles. The minimum Gasteiger partial charge on any atom is -0.341 e. The molecule has 2 saturated heterocycles. The lowest BCUT2D eigenvalue weighted by atomic mass is 9.99. The molecule has 0 saturated carbocycles. The van der Waals surface area contributed by atoms with Gasteiger partial charge in [-0.05, 0) is 31.7 Å². The van der Waals surface area contributed by atoms with E-state index in [9.17, 15) is 4.79 Å². The van der Waals surface area contributed by atoms with Crippen LogP contribution in [0, 0.1) is 5.92 Å². The molecule has 3 heteroatoms. The summed E-state index contributed by atoms with van der Waals surface area (Å²) >= 11 is 0. The van der Waals surface area contributed by atoms with Crippen molar-refractivity contribution in [3.8, 4) is 0 Å². The minimum atomic E-state index is 0.358. The number of amides is 1. The highest BCUT2D eigenvalue weighted by atomic mass is 16.2. The van der Waals surface area contributed by atoms with E-state index < -0.39 is 0 Å². The molecule has 0 radical (unpaired) electrons. The summed E-state index contributed by atoms with van der Waals surface area (Å²) in [5.74, 6) is 1.05. The van der Waals surface area contributed by atoms with Gasteiger partial charge in [0.2, 0.25) is 5.91 Å². The fourth-order valence-corrected chi connectivity index (χ4v) is 2.45. The molecule has 0 aliphatic carbocycles. The van der Waals surface area contributed by atoms with Gasteiger partial charge in [0.1, 0.15) is 0 Å². The predicted molar refractivity (Wildman–Crippen MR) is 56.0 cm³/mol. The Morgan fingerprint density at radius 2 is 2.36 bits per heavy atom. The number of nitrogens with one attached hydrogen (secondary N) is 1. The molecule has 14 heavy (non-hydrogen) atoms. The standard InChI is InChI=1S/C11H20N2O/c1-9-4-5-11(14)13(7-9)8-10-3-2-6-12-10/h9-10,12H,2-8H2,1H3. The largest absolute Gasteiger partial charge is 0.341 e. The maximum absolute atomic E-state index is 11.6. The molecule has 0 aromatic carbocycles. The Balaban J connectivity index is 1.85. The summed E-state index contributed by atoms with van der Waals surface area (Å²) in [6.45, 7) is 5.27. The number of hydrogen-bond donors (Lipinski definition) is 1. The van der Waals surface area contributed by atoms with Gasteiger partial charge in [0, 0.05) is 25.6 Å². The van der Waals surface area contributed by atoms with Gasteiger partial charge in [0.05, 0.1) is 0 Å². The number of rotatable bonds is 2. The quantitative estimate of drug-likeness (QED) is 0.714. The summed E-state index contributed by atoms with van der Waals surface area (Å²) < 4.78 is 0. The van der Waals surface area contributed by atoms with Crippen LogP contribution in [-0.4, -0.2) is 36.5 Å². The SMILES string of the molecule is CC1CCC(=O)N(CC2CCCN2)C1. The summed E-state index contributed by atoms with van der Waals surface area (Å²) in [5.41, 5.74) is 0. The maximum atomic E-state index is 11.6. The van der Waals surface area contributed by atoms with Crippen LogP contribution in [0.1, 0.15) is 32.6 Å². The summed E-state index contributed by atoms with van der Waals surface area (Å²) in [5, 5.41) is 3.45. The van der Waals surface area contributed by atoms with Crippen molar-refractivity contribution in [1.82, 2.24) is 10.2 Å². The van der Waals surface area contributed by atoms with Crippen molar-refractivity contribution >= 4 is 5.91 Å². The number of nitrogens with zero attached hydrogens (tertiary/aromatic N) is 1. The van der Waals surface area contributed by atoms with Crippen molar-refractivity contribution in [3.05, 3.63) is 0 Å². The highest BCUT2D eigenvalue weighted by molar-refractivity contribution is 5.76. The Kier molecular flexibility index (Phi) is 3.06. The van der Waals surface area contributed by atoms with E-state index in [0.717, 1.165) is 32.5 Å². The summed E-state index contributed by atoms with van der Waals surface area (Å²) in [4.78, 5) is 13.7. The molecule has 0 bridgehead atoms. The molecule has 3 nitrogen and oxygen atoms in total. The van der Waals surface area contributed by atoms with Crippen LogP contribution in [0.2, 0.25) is 0 Å². The van der Waals surface area contributed by atoms with Gasteiger partial charge in [-0.1, -0.05) is 6.92 Å². The molecule has 2 atom stereocenters. The van der Waals surface area contributed by atoms with E-state index in [-0.39, 0.29) is 0 Å². The second kappa shape index (κ2) is 4.30. The number of piperidine rings is 1. The second-order valence-electron chi connectivity index (χ2n) is 4.74. The molecule has 1 N–H and O–H groups in total. The van der Waals surface area contributed by atoms with Crippen LogP contribution in [0.15, 0.2) is 0 Å². The zero-order valence-corrected chi connectivity index (χ0v) is 8.96. The third-order valence-electron chi connectivity index (χ3n) is 3.34. The molecular formula is C11H20N2O. The topological polar surface area (TPSA) is 32.3 Å². The monoisotopic (exact) mass is 196 g/mol. The Morgan fingerprint density at radius 3 is 3.07 bits per heavy atom. The zero-order valence-electron chi connectivity index (χ0n) is 8.96. The van der Waals surface area contributed by atoms with Gasteiger partial charge in [-0.2, -0.15) is 0 Å². The molecule has 1 amide bonds. The van der Waals surface area contributed by atoms with E-state index in [0.29, 0.717) is 17.9 Å². The van der Waals surface area contributed by atoms with Crippen LogP contribution in [0.25, 0.3) is 0 Å². The maximum Gasteiger partial charge on any atom is 0.222 e. The van der Waals surface area contributed by atoms with E-state index >= 15 is 0 Å². The molecule has 80 valence electrons. The van der Waals surface area contributed by atoms with Crippen LogP contribution in [0.5, 0.6) is 0 Å². The first-order valence-corrected chi connectivity index (χ1v) is 5.77. The van der Waals surface area contributed by atoms with E-state index in [4.69, 9.17) is 0 Å². The van der Waals surface area contributed by atoms with Gasteiger partial charge in [-0.25, -0.2) is 0 Å². The molecule has 2 aliphatic rings. The summed E-state index contributed by atoms with van der Waals surface area (Å²) in [7, 11) is 0. The first kappa shape index (κ1) is 9.97. The smallest absolute Gasteiger partial charge is 0.222 e. The normalized spacial score (nSPS) is 33.8. The number of carbonyl (C=O) groups is 1. The van der Waals surface area contributed by atoms with Crippen molar-refractivity contribution in [1.29, 1.82) is 0 Å². The average molecular weight is 196 g/mol. The summed E-state index contributed by atoms with van der Waals surface area (Å²) in [6, 6.07) is 0.559. The molecule has 2 unspecified atom stereocenters. The molecule has 2 fully saturated rings. The third kappa shape index (κ3) is 2.27. The minimum absolute atomic E-state index is 0.358. The van der Waals surface area contributed by atoms with Crippen LogP contribution in [-0.2, 0) is 4.79 Å². The molecule has 2 rings (SSSR count). The van der Waals surface area contributed by atoms with E-state index in [1.165, 1.54) is 12.8 Å². The van der Waals surface area contributed by atoms with Crippen molar-refractivity contribution < 1.29 is 4.79 Å². The van der Waals surface area contributed by atoms with Crippen LogP contribution >= 0.6 is 0 Å². The highest BCUT2D eigenvalue weighted by Crippen LogP contribution is 2.18. The van der Waals surface area contributed by atoms with Gasteiger partial charge in [-0.15, -0.1) is 0 Å². The van der Waals surface area contributed by atoms with Gasteiger partial charge in [0.25, 0.3) is 0 Å². The van der Waals surface area contributed by atoms with Gasteiger partial charge in [-0.3, -0.25) is 4.79 Å². The second-order valence-corrected chi connectivity index (χ2v) is 4.74. The van der Waals surface area contributed by atoms with Crippen molar-refractivity contribution in [2.45, 2.75) is 38.6 Å². The number of likely N-dealkylation sites (tertiary alicyclic amines) is 1. The van der Waals surface area contributed by atoms with Crippen molar-refractivity contribution in [2.24, 2.45) is 5.92 Å². The molecule has 2 aliphatic heterocycles. The van der Waals surface area contributed by atoms with Crippen molar-refractivity contribution in [3.63, 3.8) is 0 Å². The first-order valence-electron chi connectivity index (χ1n) is 5.77. The van der Waals surface area contributed by atoms with Crippen LogP contribution in [0.3, 0.4) is 0 Å². The average Bonchev–Trinajstić information content (AvgIpc) is 2.64. The Morgan fingerprint density at radius 1 is 1.50 bits per heavy atom. The zero-order chi connectivity index (χ0) is 9.97. The fraction of sp³-hybridized carbons (Fsp3) is 0.909. The molecule has 0 aromatic rings. The Labute approximate surface area is 85.8 Å². The van der Waals surface area contributed by atoms with Crippen LogP contribution in [0.4, 0.5) is 0 Å². The van der Waals surface area contributed by atoms with Gasteiger partial charge >= 0.3 is 0 Å². The first-order chi connectivity index (χ1) is 6.75. The van der Waals surface area contributed by atoms with E-state index in [2.05, 4.69) is 17.1 Å². The van der Waals surface area contributed by atoms with Crippen LogP contribution < -0.4 is 5.32 Å². The lowest BCUT2D eigenvalue weighted by molar-refractivity contribution is -0.134. The number of hydrogen-bond acceptors (Lipinski definition) is 2. The number of carbonyl (C=O) groups excluding carboxylic acids is 1.